The molecule has 25 heavy (non-hydrogen) atoms. The SMILES string of the molecule is CN=C(NCCc1nc(C)c(C)s1)NCc1ccccc1CN(C)C. The largest absolute Gasteiger partial charge is 0.356 e. The van der Waals surface area contributed by atoms with E-state index in [0.717, 1.165) is 37.7 Å². The first kappa shape index (κ1) is 19.4. The molecule has 0 atom stereocenters. The van der Waals surface area contributed by atoms with Gasteiger partial charge in [-0.05, 0) is 39.1 Å². The van der Waals surface area contributed by atoms with Gasteiger partial charge in [0.15, 0.2) is 5.96 Å². The summed E-state index contributed by atoms with van der Waals surface area (Å²) < 4.78 is 0. The Labute approximate surface area is 155 Å². The summed E-state index contributed by atoms with van der Waals surface area (Å²) in [6.45, 7) is 6.71. The fourth-order valence-corrected chi connectivity index (χ4v) is 3.49. The molecule has 0 saturated carbocycles. The lowest BCUT2D eigenvalue weighted by Gasteiger charge is -2.16. The van der Waals surface area contributed by atoms with E-state index < -0.39 is 0 Å². The highest BCUT2D eigenvalue weighted by Crippen LogP contribution is 2.16. The smallest absolute Gasteiger partial charge is 0.191 e. The molecule has 2 rings (SSSR count). The Morgan fingerprint density at radius 2 is 1.88 bits per heavy atom. The zero-order valence-electron chi connectivity index (χ0n) is 15.9. The summed E-state index contributed by atoms with van der Waals surface area (Å²) in [6.07, 6.45) is 0.914. The Morgan fingerprint density at radius 3 is 2.48 bits per heavy atom. The monoisotopic (exact) mass is 359 g/mol. The summed E-state index contributed by atoms with van der Waals surface area (Å²) in [5.74, 6) is 0.824. The number of thiazole rings is 1. The number of guanidine groups is 1. The van der Waals surface area contributed by atoms with Gasteiger partial charge in [-0.2, -0.15) is 0 Å². The molecule has 0 saturated heterocycles. The standard InChI is InChI=1S/C19H29N5S/c1-14-15(2)25-18(23-14)10-11-21-19(20-3)22-12-16-8-6-7-9-17(16)13-24(4)5/h6-9H,10-13H2,1-5H3,(H2,20,21,22). The minimum atomic E-state index is 0.763. The van der Waals surface area contributed by atoms with Gasteiger partial charge in [-0.1, -0.05) is 24.3 Å². The number of hydrogen-bond donors (Lipinski definition) is 2. The van der Waals surface area contributed by atoms with Gasteiger partial charge in [0.1, 0.15) is 0 Å². The van der Waals surface area contributed by atoms with E-state index in [0.29, 0.717) is 0 Å². The summed E-state index contributed by atoms with van der Waals surface area (Å²) in [5, 5.41) is 7.95. The van der Waals surface area contributed by atoms with Gasteiger partial charge < -0.3 is 15.5 Å². The molecule has 0 unspecified atom stereocenters. The zero-order chi connectivity index (χ0) is 18.2. The van der Waals surface area contributed by atoms with Crippen molar-refractivity contribution < 1.29 is 0 Å². The third-order valence-corrected chi connectivity index (χ3v) is 5.11. The van der Waals surface area contributed by atoms with Crippen LogP contribution in [0.5, 0.6) is 0 Å². The van der Waals surface area contributed by atoms with Crippen LogP contribution in [-0.2, 0) is 19.5 Å². The summed E-state index contributed by atoms with van der Waals surface area (Å²) >= 11 is 1.78. The van der Waals surface area contributed by atoms with Crippen LogP contribution < -0.4 is 10.6 Å². The first-order valence-corrected chi connectivity index (χ1v) is 9.40. The molecule has 2 N–H and O–H groups in total. The number of aromatic nitrogens is 1. The second-order valence-electron chi connectivity index (χ2n) is 6.36. The molecule has 0 bridgehead atoms. The van der Waals surface area contributed by atoms with Crippen molar-refractivity contribution in [3.8, 4) is 0 Å². The third kappa shape index (κ3) is 6.14. The van der Waals surface area contributed by atoms with Crippen molar-refractivity contribution in [2.45, 2.75) is 33.4 Å². The number of aliphatic imine (C=N–C) groups is 1. The van der Waals surface area contributed by atoms with Crippen molar-refractivity contribution in [2.75, 3.05) is 27.7 Å². The number of nitrogens with zero attached hydrogens (tertiary/aromatic N) is 3. The van der Waals surface area contributed by atoms with Gasteiger partial charge in [0.2, 0.25) is 0 Å². The van der Waals surface area contributed by atoms with Crippen molar-refractivity contribution in [2.24, 2.45) is 4.99 Å². The van der Waals surface area contributed by atoms with Crippen LogP contribution in [0.4, 0.5) is 0 Å². The van der Waals surface area contributed by atoms with E-state index in [4.69, 9.17) is 0 Å². The average molecular weight is 360 g/mol. The Morgan fingerprint density at radius 1 is 1.16 bits per heavy atom. The molecular formula is C19H29N5S. The van der Waals surface area contributed by atoms with E-state index in [9.17, 15) is 0 Å². The van der Waals surface area contributed by atoms with E-state index in [1.807, 2.05) is 0 Å². The lowest BCUT2D eigenvalue weighted by Crippen LogP contribution is -2.38. The molecule has 0 aliphatic carbocycles. The van der Waals surface area contributed by atoms with Gasteiger partial charge in [0, 0.05) is 38.0 Å². The molecule has 0 radical (unpaired) electrons. The maximum atomic E-state index is 4.58. The van der Waals surface area contributed by atoms with Gasteiger partial charge >= 0.3 is 0 Å². The molecule has 0 aliphatic rings. The quantitative estimate of drug-likeness (QED) is 0.590. The normalized spacial score (nSPS) is 11.8. The topological polar surface area (TPSA) is 52.6 Å². The predicted octanol–water partition coefficient (Wildman–Crippen LogP) is 2.73. The van der Waals surface area contributed by atoms with Crippen LogP contribution in [0, 0.1) is 13.8 Å². The molecule has 0 aliphatic heterocycles. The molecule has 5 nitrogen and oxygen atoms in total. The van der Waals surface area contributed by atoms with E-state index in [1.165, 1.54) is 21.0 Å². The zero-order valence-corrected chi connectivity index (χ0v) is 16.7. The average Bonchev–Trinajstić information content (AvgIpc) is 2.89. The number of rotatable bonds is 7. The van der Waals surface area contributed by atoms with E-state index >= 15 is 0 Å². The molecule has 0 amide bonds. The molecule has 1 aromatic carbocycles. The fourth-order valence-electron chi connectivity index (χ4n) is 2.56. The van der Waals surface area contributed by atoms with Crippen LogP contribution >= 0.6 is 11.3 Å². The minimum absolute atomic E-state index is 0.763. The number of nitrogens with one attached hydrogen (secondary N) is 2. The Bertz CT molecular complexity index is 686. The van der Waals surface area contributed by atoms with Gasteiger partial charge in [-0.15, -0.1) is 11.3 Å². The van der Waals surface area contributed by atoms with Gasteiger partial charge in [0.25, 0.3) is 0 Å². The highest BCUT2D eigenvalue weighted by atomic mass is 32.1. The lowest BCUT2D eigenvalue weighted by atomic mass is 10.1. The van der Waals surface area contributed by atoms with Gasteiger partial charge in [-0.3, -0.25) is 4.99 Å². The summed E-state index contributed by atoms with van der Waals surface area (Å²) in [6, 6.07) is 8.52. The van der Waals surface area contributed by atoms with Crippen molar-refractivity contribution in [1.82, 2.24) is 20.5 Å². The molecule has 0 spiro atoms. The summed E-state index contributed by atoms with van der Waals surface area (Å²) in [4.78, 5) is 12.4. The molecule has 6 heteroatoms. The Hall–Kier alpha value is -1.92. The molecular weight excluding hydrogens is 330 g/mol. The second-order valence-corrected chi connectivity index (χ2v) is 7.65. The van der Waals surface area contributed by atoms with Crippen LogP contribution in [-0.4, -0.2) is 43.5 Å². The number of benzene rings is 1. The van der Waals surface area contributed by atoms with Crippen molar-refractivity contribution in [3.63, 3.8) is 0 Å². The lowest BCUT2D eigenvalue weighted by molar-refractivity contribution is 0.400. The van der Waals surface area contributed by atoms with Crippen molar-refractivity contribution in [3.05, 3.63) is 51.0 Å². The first-order valence-electron chi connectivity index (χ1n) is 8.58. The molecule has 1 aromatic heterocycles. The van der Waals surface area contributed by atoms with Crippen LogP contribution in [0.2, 0.25) is 0 Å². The third-order valence-electron chi connectivity index (χ3n) is 3.98. The number of aryl methyl sites for hydroxylation is 2. The fraction of sp³-hybridized carbons (Fsp3) is 0.474. The highest BCUT2D eigenvalue weighted by molar-refractivity contribution is 7.11. The van der Waals surface area contributed by atoms with Crippen LogP contribution in [0.15, 0.2) is 29.3 Å². The number of hydrogen-bond acceptors (Lipinski definition) is 4. The van der Waals surface area contributed by atoms with Crippen LogP contribution in [0.25, 0.3) is 0 Å². The molecule has 0 fully saturated rings. The molecule has 136 valence electrons. The van der Waals surface area contributed by atoms with E-state index in [-0.39, 0.29) is 0 Å². The highest BCUT2D eigenvalue weighted by Gasteiger charge is 2.06. The van der Waals surface area contributed by atoms with Gasteiger partial charge in [-0.25, -0.2) is 4.98 Å². The molecule has 1 heterocycles. The maximum absolute atomic E-state index is 4.58. The minimum Gasteiger partial charge on any atom is -0.356 e. The second kappa shape index (κ2) is 9.53. The molecule has 2 aromatic rings. The van der Waals surface area contributed by atoms with E-state index in [1.54, 1.807) is 18.4 Å². The van der Waals surface area contributed by atoms with Crippen molar-refractivity contribution in [1.29, 1.82) is 0 Å². The van der Waals surface area contributed by atoms with Gasteiger partial charge in [0.05, 0.1) is 10.7 Å². The van der Waals surface area contributed by atoms with Crippen LogP contribution in [0.1, 0.15) is 26.7 Å². The maximum Gasteiger partial charge on any atom is 0.191 e. The Balaban J connectivity index is 1.84. The predicted molar refractivity (Wildman–Crippen MR) is 107 cm³/mol. The van der Waals surface area contributed by atoms with Crippen molar-refractivity contribution >= 4 is 17.3 Å². The summed E-state index contributed by atoms with van der Waals surface area (Å²) in [5.41, 5.74) is 3.77. The first-order chi connectivity index (χ1) is 12.0. The van der Waals surface area contributed by atoms with Crippen LogP contribution in [0.3, 0.4) is 0 Å². The Kier molecular flexibility index (Phi) is 7.40. The van der Waals surface area contributed by atoms with E-state index in [2.05, 4.69) is 77.7 Å². The summed E-state index contributed by atoms with van der Waals surface area (Å²) in [7, 11) is 5.98.